The van der Waals surface area contributed by atoms with Crippen LogP contribution in [0.4, 0.5) is 24.8 Å². The van der Waals surface area contributed by atoms with E-state index in [1.807, 2.05) is 6.07 Å². The summed E-state index contributed by atoms with van der Waals surface area (Å²) < 4.78 is 38.5. The largest absolute Gasteiger partial charge is 0.416 e. The third kappa shape index (κ3) is 3.82. The predicted octanol–water partition coefficient (Wildman–Crippen LogP) is 2.42. The fourth-order valence-electron chi connectivity index (χ4n) is 1.76. The molecule has 8 heteroatoms. The van der Waals surface area contributed by atoms with Crippen molar-refractivity contribution in [2.24, 2.45) is 5.84 Å². The molecule has 3 N–H and O–H groups in total. The van der Waals surface area contributed by atoms with Crippen LogP contribution in [0.5, 0.6) is 0 Å². The molecule has 112 valence electrons. The van der Waals surface area contributed by atoms with Gasteiger partial charge in [0.1, 0.15) is 11.6 Å². The van der Waals surface area contributed by atoms with Crippen molar-refractivity contribution in [2.45, 2.75) is 12.7 Å². The van der Waals surface area contributed by atoms with E-state index >= 15 is 0 Å². The van der Waals surface area contributed by atoms with Crippen LogP contribution < -0.4 is 16.2 Å². The van der Waals surface area contributed by atoms with Crippen LogP contribution in [0.3, 0.4) is 0 Å². The van der Waals surface area contributed by atoms with Crippen molar-refractivity contribution in [3.05, 3.63) is 47.8 Å². The minimum absolute atomic E-state index is 0.0484. The Morgan fingerprint density at radius 1 is 1.29 bits per heavy atom. The number of alkyl halides is 3. The van der Waals surface area contributed by atoms with Gasteiger partial charge in [-0.2, -0.15) is 13.2 Å². The molecule has 5 nitrogen and oxygen atoms in total. The normalized spacial score (nSPS) is 11.3. The standard InChI is InChI=1S/C13H14F3N5/c1-21(8-10-4-2-3-5-18-10)12-7-9(13(14,15)16)6-11(19-12)20-17/h2-7H,8,17H2,1H3,(H,19,20). The third-order valence-corrected chi connectivity index (χ3v) is 2.80. The van der Waals surface area contributed by atoms with Crippen LogP contribution in [0, 0.1) is 0 Å². The van der Waals surface area contributed by atoms with Crippen LogP contribution in [-0.4, -0.2) is 17.0 Å². The van der Waals surface area contributed by atoms with Crippen LogP contribution in [0.1, 0.15) is 11.3 Å². The monoisotopic (exact) mass is 297 g/mol. The van der Waals surface area contributed by atoms with E-state index in [1.165, 1.54) is 0 Å². The zero-order valence-corrected chi connectivity index (χ0v) is 11.2. The van der Waals surface area contributed by atoms with Crippen molar-refractivity contribution in [1.29, 1.82) is 0 Å². The van der Waals surface area contributed by atoms with Crippen molar-refractivity contribution in [1.82, 2.24) is 9.97 Å². The quantitative estimate of drug-likeness (QED) is 0.670. The Labute approximate surface area is 119 Å². The molecule has 0 spiro atoms. The molecule has 2 aromatic rings. The Morgan fingerprint density at radius 2 is 2.05 bits per heavy atom. The highest BCUT2D eigenvalue weighted by Crippen LogP contribution is 2.32. The Kier molecular flexibility index (Phi) is 4.27. The lowest BCUT2D eigenvalue weighted by Gasteiger charge is -2.20. The van der Waals surface area contributed by atoms with Gasteiger partial charge in [-0.3, -0.25) is 4.98 Å². The van der Waals surface area contributed by atoms with Crippen LogP contribution in [0.25, 0.3) is 0 Å². The summed E-state index contributed by atoms with van der Waals surface area (Å²) in [6.45, 7) is 0.333. The van der Waals surface area contributed by atoms with E-state index < -0.39 is 11.7 Å². The van der Waals surface area contributed by atoms with Gasteiger partial charge in [0.05, 0.1) is 17.8 Å². The average Bonchev–Trinajstić information content (AvgIpc) is 2.46. The third-order valence-electron chi connectivity index (χ3n) is 2.80. The molecule has 0 saturated carbocycles. The molecular weight excluding hydrogens is 283 g/mol. The lowest BCUT2D eigenvalue weighted by molar-refractivity contribution is -0.137. The van der Waals surface area contributed by atoms with Gasteiger partial charge in [0, 0.05) is 13.2 Å². The second kappa shape index (κ2) is 5.96. The summed E-state index contributed by atoms with van der Waals surface area (Å²) in [6, 6.07) is 7.19. The van der Waals surface area contributed by atoms with Gasteiger partial charge in [-0.25, -0.2) is 10.8 Å². The smallest absolute Gasteiger partial charge is 0.354 e. The van der Waals surface area contributed by atoms with Gasteiger partial charge >= 0.3 is 6.18 Å². The summed E-state index contributed by atoms with van der Waals surface area (Å²) in [6.07, 6.45) is -2.84. The zero-order valence-electron chi connectivity index (χ0n) is 11.2. The summed E-state index contributed by atoms with van der Waals surface area (Å²) in [7, 11) is 1.64. The minimum Gasteiger partial charge on any atom is -0.354 e. The van der Waals surface area contributed by atoms with Gasteiger partial charge in [0.15, 0.2) is 0 Å². The Morgan fingerprint density at radius 3 is 2.62 bits per heavy atom. The second-order valence-corrected chi connectivity index (χ2v) is 4.42. The van der Waals surface area contributed by atoms with E-state index in [9.17, 15) is 13.2 Å². The number of hydrogen-bond donors (Lipinski definition) is 2. The highest BCUT2D eigenvalue weighted by atomic mass is 19.4. The number of nitrogens with zero attached hydrogens (tertiary/aromatic N) is 3. The molecule has 21 heavy (non-hydrogen) atoms. The average molecular weight is 297 g/mol. The maximum Gasteiger partial charge on any atom is 0.416 e. The number of nitrogens with one attached hydrogen (secondary N) is 1. The van der Waals surface area contributed by atoms with Crippen LogP contribution in [-0.2, 0) is 12.7 Å². The summed E-state index contributed by atoms with van der Waals surface area (Å²) in [4.78, 5) is 9.72. The number of nitrogens with two attached hydrogens (primary N) is 1. The Balaban J connectivity index is 2.30. The van der Waals surface area contributed by atoms with Gasteiger partial charge in [-0.15, -0.1) is 0 Å². The molecule has 0 atom stereocenters. The molecule has 0 radical (unpaired) electrons. The number of halogens is 3. The van der Waals surface area contributed by atoms with Gasteiger partial charge in [0.25, 0.3) is 0 Å². The molecule has 2 aromatic heterocycles. The molecule has 0 aliphatic carbocycles. The lowest BCUT2D eigenvalue weighted by atomic mass is 10.2. The number of pyridine rings is 2. The Hall–Kier alpha value is -2.35. The molecule has 0 unspecified atom stereocenters. The number of anilines is 2. The van der Waals surface area contributed by atoms with Crippen LogP contribution in [0.2, 0.25) is 0 Å². The number of nitrogen functional groups attached to an aromatic ring is 1. The highest BCUT2D eigenvalue weighted by Gasteiger charge is 2.32. The SMILES string of the molecule is CN(Cc1ccccn1)c1cc(C(F)(F)F)cc(NN)n1. The topological polar surface area (TPSA) is 67.1 Å². The molecule has 2 rings (SSSR count). The Bertz CT molecular complexity index is 601. The molecule has 0 amide bonds. The van der Waals surface area contributed by atoms with E-state index in [1.54, 1.807) is 30.3 Å². The highest BCUT2D eigenvalue weighted by molar-refractivity contribution is 5.50. The lowest BCUT2D eigenvalue weighted by Crippen LogP contribution is -2.21. The number of rotatable bonds is 4. The maximum absolute atomic E-state index is 12.8. The van der Waals surface area contributed by atoms with E-state index in [-0.39, 0.29) is 11.6 Å². The fourth-order valence-corrected chi connectivity index (χ4v) is 1.76. The number of hydrazine groups is 1. The number of hydrogen-bond acceptors (Lipinski definition) is 5. The van der Waals surface area contributed by atoms with Gasteiger partial charge in [-0.1, -0.05) is 6.07 Å². The molecule has 0 saturated heterocycles. The van der Waals surface area contributed by atoms with E-state index in [4.69, 9.17) is 5.84 Å². The van der Waals surface area contributed by atoms with Crippen LogP contribution >= 0.6 is 0 Å². The summed E-state index contributed by atoms with van der Waals surface area (Å²) in [5.74, 6) is 5.28. The molecule has 2 heterocycles. The molecular formula is C13H14F3N5. The van der Waals surface area contributed by atoms with E-state index in [0.717, 1.165) is 17.8 Å². The van der Waals surface area contributed by atoms with Crippen molar-refractivity contribution < 1.29 is 13.2 Å². The first kappa shape index (κ1) is 15.0. The van der Waals surface area contributed by atoms with Crippen molar-refractivity contribution >= 4 is 11.6 Å². The van der Waals surface area contributed by atoms with E-state index in [2.05, 4.69) is 15.4 Å². The predicted molar refractivity (Wildman–Crippen MR) is 73.4 cm³/mol. The summed E-state index contributed by atoms with van der Waals surface area (Å²) in [5, 5.41) is 0. The summed E-state index contributed by atoms with van der Waals surface area (Å²) in [5.41, 5.74) is 2.06. The molecule has 0 aliphatic heterocycles. The van der Waals surface area contributed by atoms with E-state index in [0.29, 0.717) is 6.54 Å². The van der Waals surface area contributed by atoms with Gasteiger partial charge in [0.2, 0.25) is 0 Å². The number of aromatic nitrogens is 2. The zero-order chi connectivity index (χ0) is 15.5. The minimum atomic E-state index is -4.46. The van der Waals surface area contributed by atoms with Crippen LogP contribution in [0.15, 0.2) is 36.5 Å². The van der Waals surface area contributed by atoms with Crippen molar-refractivity contribution in [2.75, 3.05) is 17.4 Å². The summed E-state index contributed by atoms with van der Waals surface area (Å²) >= 11 is 0. The molecule has 0 aliphatic rings. The first-order valence-corrected chi connectivity index (χ1v) is 6.07. The second-order valence-electron chi connectivity index (χ2n) is 4.42. The molecule has 0 aromatic carbocycles. The van der Waals surface area contributed by atoms with Gasteiger partial charge < -0.3 is 10.3 Å². The van der Waals surface area contributed by atoms with Crippen molar-refractivity contribution in [3.8, 4) is 0 Å². The molecule has 0 fully saturated rings. The molecule has 0 bridgehead atoms. The van der Waals surface area contributed by atoms with Gasteiger partial charge in [-0.05, 0) is 24.3 Å². The van der Waals surface area contributed by atoms with Crippen molar-refractivity contribution in [3.63, 3.8) is 0 Å². The maximum atomic E-state index is 12.8. The first-order chi connectivity index (χ1) is 9.90. The first-order valence-electron chi connectivity index (χ1n) is 6.07. The fraction of sp³-hybridized carbons (Fsp3) is 0.231.